The summed E-state index contributed by atoms with van der Waals surface area (Å²) >= 11 is 0. The van der Waals surface area contributed by atoms with Gasteiger partial charge in [-0.3, -0.25) is 4.79 Å². The van der Waals surface area contributed by atoms with Gasteiger partial charge in [-0.1, -0.05) is 12.1 Å². The quantitative estimate of drug-likeness (QED) is 0.790. The summed E-state index contributed by atoms with van der Waals surface area (Å²) in [5, 5.41) is -0.558. The molecule has 1 aromatic carbocycles. The van der Waals surface area contributed by atoms with Gasteiger partial charge < -0.3 is 4.90 Å². The number of hydrogen-bond donors (Lipinski definition) is 0. The third-order valence-corrected chi connectivity index (χ3v) is 7.67. The number of carbonyl (C=O) groups excluding carboxylic acids is 1. The van der Waals surface area contributed by atoms with E-state index in [0.717, 1.165) is 12.1 Å². The van der Waals surface area contributed by atoms with Gasteiger partial charge in [-0.15, -0.1) is 0 Å². The molecule has 1 amide bonds. The van der Waals surface area contributed by atoms with Crippen molar-refractivity contribution in [2.75, 3.05) is 13.1 Å². The van der Waals surface area contributed by atoms with Crippen molar-refractivity contribution in [1.82, 2.24) is 4.90 Å². The van der Waals surface area contributed by atoms with E-state index in [1.54, 1.807) is 20.8 Å². The van der Waals surface area contributed by atoms with Gasteiger partial charge in [0.1, 0.15) is 0 Å². The SMILES string of the molecule is CC(C)(C)S(=O)(=O)C1CCN(C(=O)CCc2ccc(C(F)(F)F)cc2)C1. The minimum absolute atomic E-state index is 0.146. The Morgan fingerprint density at radius 3 is 2.23 bits per heavy atom. The van der Waals surface area contributed by atoms with E-state index >= 15 is 0 Å². The molecule has 1 fully saturated rings. The van der Waals surface area contributed by atoms with E-state index in [1.807, 2.05) is 0 Å². The fourth-order valence-corrected chi connectivity index (χ4v) is 4.77. The molecule has 0 bridgehead atoms. The summed E-state index contributed by atoms with van der Waals surface area (Å²) in [6.07, 6.45) is -3.49. The van der Waals surface area contributed by atoms with Crippen LogP contribution < -0.4 is 0 Å². The normalized spacial score (nSPS) is 19.0. The molecule has 1 saturated heterocycles. The lowest BCUT2D eigenvalue weighted by atomic mass is 10.1. The minimum atomic E-state index is -4.38. The van der Waals surface area contributed by atoms with E-state index in [1.165, 1.54) is 17.0 Å². The van der Waals surface area contributed by atoms with E-state index in [4.69, 9.17) is 0 Å². The Morgan fingerprint density at radius 1 is 1.15 bits per heavy atom. The molecule has 0 radical (unpaired) electrons. The average molecular weight is 391 g/mol. The van der Waals surface area contributed by atoms with Crippen molar-refractivity contribution in [3.8, 4) is 0 Å². The largest absolute Gasteiger partial charge is 0.416 e. The predicted octanol–water partition coefficient (Wildman–Crippen LogP) is 3.45. The van der Waals surface area contributed by atoms with Crippen molar-refractivity contribution in [2.24, 2.45) is 0 Å². The van der Waals surface area contributed by atoms with Crippen LogP contribution in [0.2, 0.25) is 0 Å². The topological polar surface area (TPSA) is 54.5 Å². The Morgan fingerprint density at radius 2 is 1.73 bits per heavy atom. The highest BCUT2D eigenvalue weighted by Crippen LogP contribution is 2.30. The summed E-state index contributed by atoms with van der Waals surface area (Å²) in [4.78, 5) is 13.9. The number of nitrogens with zero attached hydrogens (tertiary/aromatic N) is 1. The van der Waals surface area contributed by atoms with Crippen LogP contribution >= 0.6 is 0 Å². The third-order valence-electron chi connectivity index (χ3n) is 4.70. The molecule has 0 aliphatic carbocycles. The lowest BCUT2D eigenvalue weighted by Crippen LogP contribution is -2.39. The molecular formula is C18H24F3NO3S. The highest BCUT2D eigenvalue weighted by atomic mass is 32.2. The van der Waals surface area contributed by atoms with Crippen LogP contribution in [0.3, 0.4) is 0 Å². The number of alkyl halides is 3. The molecule has 1 heterocycles. The van der Waals surface area contributed by atoms with Gasteiger partial charge >= 0.3 is 6.18 Å². The number of amides is 1. The van der Waals surface area contributed by atoms with E-state index in [0.29, 0.717) is 24.9 Å². The molecule has 26 heavy (non-hydrogen) atoms. The van der Waals surface area contributed by atoms with Crippen molar-refractivity contribution in [2.45, 2.75) is 56.2 Å². The first-order chi connectivity index (χ1) is 11.8. The van der Waals surface area contributed by atoms with E-state index in [9.17, 15) is 26.4 Å². The van der Waals surface area contributed by atoms with Crippen LogP contribution in [0, 0.1) is 0 Å². The number of halogens is 3. The third kappa shape index (κ3) is 4.58. The summed E-state index contributed by atoms with van der Waals surface area (Å²) in [6, 6.07) is 4.74. The van der Waals surface area contributed by atoms with Crippen LogP contribution in [0.5, 0.6) is 0 Å². The van der Waals surface area contributed by atoms with Crippen molar-refractivity contribution in [1.29, 1.82) is 0 Å². The first kappa shape index (κ1) is 20.7. The Bertz CT molecular complexity index is 749. The van der Waals surface area contributed by atoms with Gasteiger partial charge in [0, 0.05) is 19.5 Å². The summed E-state index contributed by atoms with van der Waals surface area (Å²) in [6.45, 7) is 5.53. The highest BCUT2D eigenvalue weighted by molar-refractivity contribution is 7.93. The summed E-state index contributed by atoms with van der Waals surface area (Å²) in [7, 11) is -3.33. The lowest BCUT2D eigenvalue weighted by Gasteiger charge is -2.24. The Kier molecular flexibility index (Phi) is 5.75. The Hall–Kier alpha value is -1.57. The monoisotopic (exact) mass is 391 g/mol. The highest BCUT2D eigenvalue weighted by Gasteiger charge is 2.41. The van der Waals surface area contributed by atoms with E-state index < -0.39 is 31.6 Å². The fraction of sp³-hybridized carbons (Fsp3) is 0.611. The lowest BCUT2D eigenvalue weighted by molar-refractivity contribution is -0.137. The van der Waals surface area contributed by atoms with Crippen LogP contribution in [0.25, 0.3) is 0 Å². The molecule has 1 aromatic rings. The van der Waals surface area contributed by atoms with E-state index in [2.05, 4.69) is 0 Å². The molecule has 8 heteroatoms. The maximum absolute atomic E-state index is 12.5. The maximum Gasteiger partial charge on any atom is 0.416 e. The molecule has 1 unspecified atom stereocenters. The molecule has 2 rings (SSSR count). The number of carbonyl (C=O) groups is 1. The van der Waals surface area contributed by atoms with Crippen LogP contribution in [0.1, 0.15) is 44.7 Å². The molecule has 146 valence electrons. The number of hydrogen-bond acceptors (Lipinski definition) is 3. The van der Waals surface area contributed by atoms with Crippen molar-refractivity contribution < 1.29 is 26.4 Å². The van der Waals surface area contributed by atoms with Gasteiger partial charge in [-0.25, -0.2) is 8.42 Å². The second-order valence-electron chi connectivity index (χ2n) is 7.60. The Labute approximate surface area is 152 Å². The predicted molar refractivity (Wildman–Crippen MR) is 93.4 cm³/mol. The molecule has 0 saturated carbocycles. The van der Waals surface area contributed by atoms with E-state index in [-0.39, 0.29) is 18.9 Å². The average Bonchev–Trinajstić information content (AvgIpc) is 3.01. The van der Waals surface area contributed by atoms with Crippen LogP contribution in [-0.2, 0) is 27.2 Å². The minimum Gasteiger partial charge on any atom is -0.341 e. The Balaban J connectivity index is 1.92. The zero-order valence-corrected chi connectivity index (χ0v) is 16.0. The van der Waals surface area contributed by atoms with Crippen molar-refractivity contribution >= 4 is 15.7 Å². The first-order valence-corrected chi connectivity index (χ1v) is 10.0. The van der Waals surface area contributed by atoms with Gasteiger partial charge in [0.2, 0.25) is 5.91 Å². The van der Waals surface area contributed by atoms with Crippen LogP contribution in [0.15, 0.2) is 24.3 Å². The molecule has 1 atom stereocenters. The number of rotatable bonds is 4. The number of sulfone groups is 1. The van der Waals surface area contributed by atoms with Crippen LogP contribution in [-0.4, -0.2) is 42.3 Å². The molecule has 0 spiro atoms. The second kappa shape index (κ2) is 7.21. The molecule has 1 aliphatic heterocycles. The standard InChI is InChI=1S/C18H24F3NO3S/c1-17(2,3)26(24,25)15-10-11-22(12-15)16(23)9-6-13-4-7-14(8-5-13)18(19,20)21/h4-5,7-8,15H,6,9-12H2,1-3H3. The number of aryl methyl sites for hydroxylation is 1. The number of benzene rings is 1. The fourth-order valence-electron chi connectivity index (χ4n) is 2.98. The molecular weight excluding hydrogens is 367 g/mol. The van der Waals surface area contributed by atoms with Gasteiger partial charge in [0.15, 0.2) is 9.84 Å². The number of likely N-dealkylation sites (tertiary alicyclic amines) is 1. The molecule has 0 N–H and O–H groups in total. The van der Waals surface area contributed by atoms with Gasteiger partial charge in [-0.05, 0) is 51.3 Å². The molecule has 1 aliphatic rings. The second-order valence-corrected chi connectivity index (χ2v) is 10.6. The van der Waals surface area contributed by atoms with Crippen molar-refractivity contribution in [3.05, 3.63) is 35.4 Å². The van der Waals surface area contributed by atoms with Gasteiger partial charge in [0.25, 0.3) is 0 Å². The molecule has 0 aromatic heterocycles. The van der Waals surface area contributed by atoms with Crippen molar-refractivity contribution in [3.63, 3.8) is 0 Å². The van der Waals surface area contributed by atoms with Gasteiger partial charge in [-0.2, -0.15) is 13.2 Å². The smallest absolute Gasteiger partial charge is 0.341 e. The zero-order valence-electron chi connectivity index (χ0n) is 15.1. The summed E-state index contributed by atoms with van der Waals surface area (Å²) in [5.41, 5.74) is -0.0771. The summed E-state index contributed by atoms with van der Waals surface area (Å²) in [5.74, 6) is -0.170. The summed E-state index contributed by atoms with van der Waals surface area (Å²) < 4.78 is 61.7. The zero-order chi connectivity index (χ0) is 19.8. The van der Waals surface area contributed by atoms with Crippen LogP contribution in [0.4, 0.5) is 13.2 Å². The molecule has 4 nitrogen and oxygen atoms in total. The first-order valence-electron chi connectivity index (χ1n) is 8.50. The maximum atomic E-state index is 12.5. The van der Waals surface area contributed by atoms with Gasteiger partial charge in [0.05, 0.1) is 15.6 Å².